The van der Waals surface area contributed by atoms with Crippen LogP contribution < -0.4 is 0 Å². The summed E-state index contributed by atoms with van der Waals surface area (Å²) in [7, 11) is 0. The molecule has 1 saturated carbocycles. The summed E-state index contributed by atoms with van der Waals surface area (Å²) in [6, 6.07) is 0. The molecule has 1 heteroatoms. The minimum Gasteiger partial charge on any atom is -0.0826 e. The largest absolute Gasteiger partial charge is 0.0826 e. The van der Waals surface area contributed by atoms with Crippen LogP contribution >= 0.6 is 22.6 Å². The lowest BCUT2D eigenvalue weighted by Crippen LogP contribution is -2.27. The van der Waals surface area contributed by atoms with E-state index >= 15 is 0 Å². The SMILES string of the molecule is CC1CC(I)CC(C)(C)C1. The molecule has 0 amide bonds. The third-order valence-corrected chi connectivity index (χ3v) is 3.28. The summed E-state index contributed by atoms with van der Waals surface area (Å²) in [4.78, 5) is 0. The van der Waals surface area contributed by atoms with Crippen LogP contribution in [0.15, 0.2) is 0 Å². The quantitative estimate of drug-likeness (QED) is 0.456. The fraction of sp³-hybridized carbons (Fsp3) is 1.00. The van der Waals surface area contributed by atoms with Crippen molar-refractivity contribution < 1.29 is 0 Å². The number of alkyl halides is 1. The lowest BCUT2D eigenvalue weighted by molar-refractivity contribution is 0.202. The highest BCUT2D eigenvalue weighted by atomic mass is 127. The molecule has 1 rings (SSSR count). The van der Waals surface area contributed by atoms with Gasteiger partial charge in [0.05, 0.1) is 0 Å². The van der Waals surface area contributed by atoms with Gasteiger partial charge in [0.2, 0.25) is 0 Å². The van der Waals surface area contributed by atoms with Crippen LogP contribution in [0.25, 0.3) is 0 Å². The molecule has 0 heterocycles. The molecule has 0 bridgehead atoms. The summed E-state index contributed by atoms with van der Waals surface area (Å²) >= 11 is 2.60. The normalized spacial score (nSPS) is 39.6. The molecule has 1 aliphatic carbocycles. The average Bonchev–Trinajstić information content (AvgIpc) is 1.54. The van der Waals surface area contributed by atoms with Crippen LogP contribution in [0.1, 0.15) is 40.0 Å². The summed E-state index contributed by atoms with van der Waals surface area (Å²) < 4.78 is 0.927. The molecule has 0 N–H and O–H groups in total. The monoisotopic (exact) mass is 252 g/mol. The highest BCUT2D eigenvalue weighted by molar-refractivity contribution is 14.1. The first-order valence-corrected chi connectivity index (χ1v) is 5.38. The molecule has 2 atom stereocenters. The lowest BCUT2D eigenvalue weighted by atomic mass is 9.73. The van der Waals surface area contributed by atoms with E-state index in [4.69, 9.17) is 0 Å². The van der Waals surface area contributed by atoms with Gasteiger partial charge in [-0.3, -0.25) is 0 Å². The maximum Gasteiger partial charge on any atom is 0.0117 e. The first-order valence-electron chi connectivity index (χ1n) is 4.14. The Morgan fingerprint density at radius 1 is 1.30 bits per heavy atom. The van der Waals surface area contributed by atoms with E-state index in [1.165, 1.54) is 19.3 Å². The van der Waals surface area contributed by atoms with E-state index < -0.39 is 0 Å². The molecule has 0 radical (unpaired) electrons. The van der Waals surface area contributed by atoms with Gasteiger partial charge < -0.3 is 0 Å². The topological polar surface area (TPSA) is 0 Å². The summed E-state index contributed by atoms with van der Waals surface area (Å²) in [6.45, 7) is 7.18. The maximum atomic E-state index is 2.60. The molecular formula is C9H17I. The number of hydrogen-bond donors (Lipinski definition) is 0. The molecule has 0 nitrogen and oxygen atoms in total. The molecule has 0 saturated heterocycles. The first kappa shape index (κ1) is 8.82. The molecule has 60 valence electrons. The average molecular weight is 252 g/mol. The molecule has 1 aliphatic rings. The molecule has 0 aromatic carbocycles. The van der Waals surface area contributed by atoms with Crippen molar-refractivity contribution in [2.75, 3.05) is 0 Å². The van der Waals surface area contributed by atoms with E-state index in [2.05, 4.69) is 43.4 Å². The summed E-state index contributed by atoms with van der Waals surface area (Å²) in [5.74, 6) is 0.950. The van der Waals surface area contributed by atoms with E-state index in [1.54, 1.807) is 0 Å². The zero-order valence-electron chi connectivity index (χ0n) is 7.15. The second-order valence-corrected chi connectivity index (χ2v) is 6.27. The second-order valence-electron chi connectivity index (χ2n) is 4.51. The fourth-order valence-corrected chi connectivity index (χ4v) is 4.29. The third kappa shape index (κ3) is 2.40. The van der Waals surface area contributed by atoms with Gasteiger partial charge in [-0.25, -0.2) is 0 Å². The Morgan fingerprint density at radius 2 is 1.90 bits per heavy atom. The zero-order valence-corrected chi connectivity index (χ0v) is 9.31. The van der Waals surface area contributed by atoms with Crippen molar-refractivity contribution in [1.82, 2.24) is 0 Å². The minimum absolute atomic E-state index is 0.615. The van der Waals surface area contributed by atoms with Gasteiger partial charge in [-0.15, -0.1) is 0 Å². The zero-order chi connectivity index (χ0) is 7.78. The highest BCUT2D eigenvalue weighted by Gasteiger charge is 2.30. The Morgan fingerprint density at radius 3 is 2.30 bits per heavy atom. The van der Waals surface area contributed by atoms with Crippen LogP contribution in [0.5, 0.6) is 0 Å². The Bertz CT molecular complexity index is 106. The Hall–Kier alpha value is 0.730. The molecular weight excluding hydrogens is 235 g/mol. The molecule has 1 fully saturated rings. The van der Waals surface area contributed by atoms with Crippen molar-refractivity contribution in [3.63, 3.8) is 0 Å². The maximum absolute atomic E-state index is 2.60. The van der Waals surface area contributed by atoms with Gasteiger partial charge in [-0.1, -0.05) is 43.4 Å². The van der Waals surface area contributed by atoms with E-state index in [0.29, 0.717) is 5.41 Å². The van der Waals surface area contributed by atoms with E-state index in [1.807, 2.05) is 0 Å². The number of rotatable bonds is 0. The molecule has 0 aromatic heterocycles. The van der Waals surface area contributed by atoms with Crippen molar-refractivity contribution in [3.8, 4) is 0 Å². The molecule has 0 spiro atoms. The van der Waals surface area contributed by atoms with Gasteiger partial charge in [0.15, 0.2) is 0 Å². The van der Waals surface area contributed by atoms with Crippen molar-refractivity contribution in [2.24, 2.45) is 11.3 Å². The van der Waals surface area contributed by atoms with Crippen LogP contribution in [-0.4, -0.2) is 3.92 Å². The molecule has 0 aliphatic heterocycles. The van der Waals surface area contributed by atoms with Gasteiger partial charge in [0, 0.05) is 3.92 Å². The van der Waals surface area contributed by atoms with Crippen molar-refractivity contribution in [1.29, 1.82) is 0 Å². The minimum atomic E-state index is 0.615. The number of hydrogen-bond acceptors (Lipinski definition) is 0. The standard InChI is InChI=1S/C9H17I/c1-7-4-8(10)6-9(2,3)5-7/h7-8H,4-6H2,1-3H3. The van der Waals surface area contributed by atoms with Crippen LogP contribution in [0, 0.1) is 11.3 Å². The fourth-order valence-electron chi connectivity index (χ4n) is 2.23. The predicted octanol–water partition coefficient (Wildman–Crippen LogP) is 3.64. The summed E-state index contributed by atoms with van der Waals surface area (Å²) in [6.07, 6.45) is 4.27. The van der Waals surface area contributed by atoms with Crippen LogP contribution in [0.4, 0.5) is 0 Å². The Balaban J connectivity index is 2.51. The molecule has 0 aromatic rings. The summed E-state index contributed by atoms with van der Waals surface area (Å²) in [5.41, 5.74) is 0.615. The second kappa shape index (κ2) is 3.00. The van der Waals surface area contributed by atoms with Gasteiger partial charge in [-0.2, -0.15) is 0 Å². The summed E-state index contributed by atoms with van der Waals surface area (Å²) in [5, 5.41) is 0. The first-order chi connectivity index (χ1) is 4.49. The van der Waals surface area contributed by atoms with E-state index in [9.17, 15) is 0 Å². The number of halogens is 1. The van der Waals surface area contributed by atoms with Crippen molar-refractivity contribution in [2.45, 2.75) is 44.0 Å². The third-order valence-electron chi connectivity index (χ3n) is 2.33. The van der Waals surface area contributed by atoms with E-state index in [0.717, 1.165) is 9.84 Å². The predicted molar refractivity (Wildman–Crippen MR) is 54.6 cm³/mol. The van der Waals surface area contributed by atoms with Crippen LogP contribution in [0.3, 0.4) is 0 Å². The Labute approximate surface area is 77.9 Å². The smallest absolute Gasteiger partial charge is 0.0117 e. The molecule has 10 heavy (non-hydrogen) atoms. The van der Waals surface area contributed by atoms with Gasteiger partial charge in [-0.05, 0) is 30.6 Å². The van der Waals surface area contributed by atoms with Gasteiger partial charge in [0.25, 0.3) is 0 Å². The van der Waals surface area contributed by atoms with Crippen LogP contribution in [0.2, 0.25) is 0 Å². The molecule has 2 unspecified atom stereocenters. The highest BCUT2D eigenvalue weighted by Crippen LogP contribution is 2.41. The van der Waals surface area contributed by atoms with Gasteiger partial charge in [0.1, 0.15) is 0 Å². The lowest BCUT2D eigenvalue weighted by Gasteiger charge is -2.36. The van der Waals surface area contributed by atoms with Crippen molar-refractivity contribution >= 4 is 22.6 Å². The van der Waals surface area contributed by atoms with Crippen molar-refractivity contribution in [3.05, 3.63) is 0 Å². The van der Waals surface area contributed by atoms with Crippen LogP contribution in [-0.2, 0) is 0 Å². The Kier molecular flexibility index (Phi) is 2.64. The van der Waals surface area contributed by atoms with Gasteiger partial charge >= 0.3 is 0 Å². The van der Waals surface area contributed by atoms with E-state index in [-0.39, 0.29) is 0 Å².